The predicted molar refractivity (Wildman–Crippen MR) is 122 cm³/mol. The highest BCUT2D eigenvalue weighted by atomic mass is 32.2. The van der Waals surface area contributed by atoms with Crippen LogP contribution in [0.25, 0.3) is 10.9 Å². The average molecular weight is 457 g/mol. The molecule has 31 heavy (non-hydrogen) atoms. The van der Waals surface area contributed by atoms with Gasteiger partial charge in [-0.25, -0.2) is 9.78 Å². The van der Waals surface area contributed by atoms with E-state index in [0.29, 0.717) is 13.0 Å². The lowest BCUT2D eigenvalue weighted by molar-refractivity contribution is -0.128. The van der Waals surface area contributed by atoms with Crippen molar-refractivity contribution in [3.05, 3.63) is 46.6 Å². The number of para-hydroxylation sites is 1. The van der Waals surface area contributed by atoms with Crippen LogP contribution in [-0.2, 0) is 17.8 Å². The van der Waals surface area contributed by atoms with Gasteiger partial charge in [0.05, 0.1) is 0 Å². The molecule has 2 aromatic heterocycles. The van der Waals surface area contributed by atoms with Gasteiger partial charge in [-0.2, -0.15) is 0 Å². The molecule has 1 fully saturated rings. The van der Waals surface area contributed by atoms with E-state index in [1.54, 1.807) is 5.38 Å². The van der Waals surface area contributed by atoms with Crippen LogP contribution in [0, 0.1) is 0 Å². The first-order valence-electron chi connectivity index (χ1n) is 10.5. The van der Waals surface area contributed by atoms with Gasteiger partial charge in [-0.15, -0.1) is 11.3 Å². The Balaban J connectivity index is 1.18. The molecule has 0 saturated carbocycles. The number of aromatic carboxylic acids is 1. The number of carbonyl (C=O) groups excluding carboxylic acids is 1. The second-order valence-corrected chi connectivity index (χ2v) is 10.2. The summed E-state index contributed by atoms with van der Waals surface area (Å²) >= 11 is 2.86. The number of carbonyl (C=O) groups is 2. The molecule has 1 saturated heterocycles. The van der Waals surface area contributed by atoms with E-state index in [-0.39, 0.29) is 17.6 Å². The fraction of sp³-hybridized carbons (Fsp3) is 0.409. The summed E-state index contributed by atoms with van der Waals surface area (Å²) in [4.78, 5) is 35.6. The number of amides is 1. The quantitative estimate of drug-likeness (QED) is 0.529. The number of H-pyrrole nitrogens is 1. The molecule has 9 heteroatoms. The Labute approximate surface area is 188 Å². The van der Waals surface area contributed by atoms with Crippen molar-refractivity contribution >= 4 is 45.9 Å². The molecule has 0 aliphatic carbocycles. The number of carboxylic acid groups (broad SMARTS) is 1. The van der Waals surface area contributed by atoms with E-state index in [1.165, 1.54) is 45.3 Å². The SMILES string of the molecule is O=C(O)c1csc(SCCN2C(=O)CC[C@@H]2CN2CCc3c([nH]c4ccccc34)C2)n1. The standard InChI is InChI=1S/C22H24N4O3S2/c27-20-6-5-14(26(20)9-10-30-22-24-19(13-31-22)21(28)29)11-25-8-7-16-15-3-1-2-4-17(15)23-18(16)12-25/h1-4,13-14,23H,5-12H2,(H,28,29)/t14-/m1/s1. The number of aromatic amines is 1. The van der Waals surface area contributed by atoms with Gasteiger partial charge in [0.25, 0.3) is 0 Å². The maximum atomic E-state index is 12.5. The first-order chi connectivity index (χ1) is 15.1. The molecular formula is C22H24N4O3S2. The number of thioether (sulfide) groups is 1. The molecule has 3 aromatic rings. The van der Waals surface area contributed by atoms with Crippen LogP contribution in [0.5, 0.6) is 0 Å². The average Bonchev–Trinajstić information content (AvgIpc) is 3.46. The number of rotatable bonds is 7. The van der Waals surface area contributed by atoms with Crippen molar-refractivity contribution in [1.29, 1.82) is 0 Å². The lowest BCUT2D eigenvalue weighted by Crippen LogP contribution is -2.44. The number of nitrogens with zero attached hydrogens (tertiary/aromatic N) is 3. The fourth-order valence-electron chi connectivity index (χ4n) is 4.65. The van der Waals surface area contributed by atoms with Crippen LogP contribution in [0.3, 0.4) is 0 Å². The van der Waals surface area contributed by atoms with Crippen LogP contribution in [0.4, 0.5) is 0 Å². The molecule has 0 radical (unpaired) electrons. The van der Waals surface area contributed by atoms with Gasteiger partial charge in [-0.1, -0.05) is 30.0 Å². The molecule has 4 heterocycles. The minimum Gasteiger partial charge on any atom is -0.476 e. The van der Waals surface area contributed by atoms with Crippen molar-refractivity contribution in [2.75, 3.05) is 25.4 Å². The van der Waals surface area contributed by atoms with Gasteiger partial charge in [-0.05, 0) is 24.5 Å². The van der Waals surface area contributed by atoms with Crippen LogP contribution >= 0.6 is 23.1 Å². The van der Waals surface area contributed by atoms with Crippen molar-refractivity contribution in [3.8, 4) is 0 Å². The van der Waals surface area contributed by atoms with E-state index in [1.807, 2.05) is 4.90 Å². The number of aromatic nitrogens is 2. The van der Waals surface area contributed by atoms with Crippen molar-refractivity contribution in [2.24, 2.45) is 0 Å². The molecular weight excluding hydrogens is 432 g/mol. The molecule has 1 aromatic carbocycles. The van der Waals surface area contributed by atoms with Crippen molar-refractivity contribution in [3.63, 3.8) is 0 Å². The van der Waals surface area contributed by atoms with Crippen LogP contribution in [0.1, 0.15) is 34.6 Å². The van der Waals surface area contributed by atoms with Gasteiger partial charge < -0.3 is 15.0 Å². The highest BCUT2D eigenvalue weighted by Crippen LogP contribution is 2.29. The van der Waals surface area contributed by atoms with Crippen LogP contribution < -0.4 is 0 Å². The Morgan fingerprint density at radius 2 is 2.19 bits per heavy atom. The van der Waals surface area contributed by atoms with Crippen LogP contribution in [0.15, 0.2) is 34.0 Å². The number of hydrogen-bond donors (Lipinski definition) is 2. The van der Waals surface area contributed by atoms with Crippen LogP contribution in [0.2, 0.25) is 0 Å². The Morgan fingerprint density at radius 1 is 1.32 bits per heavy atom. The van der Waals surface area contributed by atoms with Crippen molar-refractivity contribution < 1.29 is 14.7 Å². The van der Waals surface area contributed by atoms with Gasteiger partial charge in [0.15, 0.2) is 10.0 Å². The molecule has 2 aliphatic rings. The molecule has 0 unspecified atom stereocenters. The second-order valence-electron chi connectivity index (χ2n) is 8.04. The zero-order chi connectivity index (χ0) is 21.4. The minimum absolute atomic E-state index is 0.0871. The molecule has 7 nitrogen and oxygen atoms in total. The summed E-state index contributed by atoms with van der Waals surface area (Å²) in [6.45, 7) is 3.47. The first-order valence-corrected chi connectivity index (χ1v) is 12.4. The van der Waals surface area contributed by atoms with E-state index >= 15 is 0 Å². The van der Waals surface area contributed by atoms with Gasteiger partial charge in [0.1, 0.15) is 0 Å². The Bertz CT molecular complexity index is 1130. The third-order valence-corrected chi connectivity index (χ3v) is 8.14. The summed E-state index contributed by atoms with van der Waals surface area (Å²) in [6.07, 6.45) is 2.55. The number of nitrogens with one attached hydrogen (secondary N) is 1. The van der Waals surface area contributed by atoms with E-state index in [4.69, 9.17) is 5.11 Å². The molecule has 1 amide bonds. The number of fused-ring (bicyclic) bond motifs is 3. The summed E-state index contributed by atoms with van der Waals surface area (Å²) in [5, 5.41) is 11.9. The zero-order valence-electron chi connectivity index (χ0n) is 17.0. The summed E-state index contributed by atoms with van der Waals surface area (Å²) in [5.41, 5.74) is 4.03. The molecule has 5 rings (SSSR count). The van der Waals surface area contributed by atoms with Crippen molar-refractivity contribution in [1.82, 2.24) is 19.8 Å². The first kappa shape index (κ1) is 20.5. The number of likely N-dealkylation sites (tertiary alicyclic amines) is 1. The number of benzene rings is 1. The lowest BCUT2D eigenvalue weighted by Gasteiger charge is -2.33. The normalized spacial score (nSPS) is 19.3. The zero-order valence-corrected chi connectivity index (χ0v) is 18.7. The lowest BCUT2D eigenvalue weighted by atomic mass is 10.0. The highest BCUT2D eigenvalue weighted by molar-refractivity contribution is 8.01. The second kappa shape index (κ2) is 8.64. The minimum atomic E-state index is -1.00. The smallest absolute Gasteiger partial charge is 0.355 e. The number of carboxylic acids is 1. The third-order valence-electron chi connectivity index (χ3n) is 6.14. The van der Waals surface area contributed by atoms with Gasteiger partial charge in [0.2, 0.25) is 5.91 Å². The van der Waals surface area contributed by atoms with E-state index in [0.717, 1.165) is 42.6 Å². The van der Waals surface area contributed by atoms with Crippen molar-refractivity contribution in [2.45, 2.75) is 36.2 Å². The van der Waals surface area contributed by atoms with E-state index in [9.17, 15) is 9.59 Å². The predicted octanol–water partition coefficient (Wildman–Crippen LogP) is 3.46. The largest absolute Gasteiger partial charge is 0.476 e. The molecule has 2 aliphatic heterocycles. The molecule has 2 N–H and O–H groups in total. The van der Waals surface area contributed by atoms with E-state index < -0.39 is 5.97 Å². The maximum absolute atomic E-state index is 12.5. The van der Waals surface area contributed by atoms with Gasteiger partial charge in [0, 0.05) is 66.4 Å². The van der Waals surface area contributed by atoms with Gasteiger partial charge in [-0.3, -0.25) is 9.69 Å². The third kappa shape index (κ3) is 4.22. The molecule has 0 spiro atoms. The van der Waals surface area contributed by atoms with Crippen LogP contribution in [-0.4, -0.2) is 68.2 Å². The molecule has 1 atom stereocenters. The molecule has 162 valence electrons. The molecule has 0 bridgehead atoms. The number of thiazole rings is 1. The Morgan fingerprint density at radius 3 is 3.03 bits per heavy atom. The summed E-state index contributed by atoms with van der Waals surface area (Å²) in [7, 11) is 0. The van der Waals surface area contributed by atoms with Gasteiger partial charge >= 0.3 is 5.97 Å². The maximum Gasteiger partial charge on any atom is 0.355 e. The topological polar surface area (TPSA) is 89.5 Å². The Hall–Kier alpha value is -2.36. The summed E-state index contributed by atoms with van der Waals surface area (Å²) < 4.78 is 0.739. The monoisotopic (exact) mass is 456 g/mol. The fourth-order valence-corrected chi connectivity index (χ4v) is 6.46. The highest BCUT2D eigenvalue weighted by Gasteiger charge is 2.33. The number of hydrogen-bond acceptors (Lipinski definition) is 6. The summed E-state index contributed by atoms with van der Waals surface area (Å²) in [6, 6.07) is 8.73. The van der Waals surface area contributed by atoms with E-state index in [2.05, 4.69) is 39.1 Å². The summed E-state index contributed by atoms with van der Waals surface area (Å²) in [5.74, 6) is -0.0575. The Kier molecular flexibility index (Phi) is 5.73.